The first kappa shape index (κ1) is 10.8. The molecule has 0 saturated carbocycles. The molecule has 0 spiro atoms. The molecule has 1 aliphatic heterocycles. The molecule has 0 N–H and O–H groups in total. The largest absolute Gasteiger partial charge is 0.497 e. The number of carbonyl (C=O) groups is 1. The quantitative estimate of drug-likeness (QED) is 0.757. The van der Waals surface area contributed by atoms with Gasteiger partial charge in [0.25, 0.3) is 0 Å². The first-order valence-corrected chi connectivity index (χ1v) is 5.73. The molecule has 0 aliphatic carbocycles. The van der Waals surface area contributed by atoms with Crippen molar-refractivity contribution in [1.29, 1.82) is 0 Å². The predicted octanol–water partition coefficient (Wildman–Crippen LogP) is 2.96. The van der Waals surface area contributed by atoms with E-state index < -0.39 is 0 Å². The van der Waals surface area contributed by atoms with Crippen LogP contribution in [0.15, 0.2) is 48.5 Å². The topological polar surface area (TPSA) is 35.5 Å². The van der Waals surface area contributed by atoms with E-state index in [1.54, 1.807) is 13.2 Å². The Kier molecular flexibility index (Phi) is 2.52. The van der Waals surface area contributed by atoms with Crippen LogP contribution >= 0.6 is 0 Å². The van der Waals surface area contributed by atoms with Crippen LogP contribution in [0.3, 0.4) is 0 Å². The second-order valence-electron chi connectivity index (χ2n) is 4.15. The summed E-state index contributed by atoms with van der Waals surface area (Å²) >= 11 is 0. The summed E-state index contributed by atoms with van der Waals surface area (Å²) in [5, 5.41) is 0. The molecule has 2 aromatic carbocycles. The molecular formula is C15H12O3. The maximum absolute atomic E-state index is 11.7. The van der Waals surface area contributed by atoms with Gasteiger partial charge in [-0.25, -0.2) is 4.79 Å². The highest BCUT2D eigenvalue weighted by Gasteiger charge is 2.31. The second-order valence-corrected chi connectivity index (χ2v) is 4.15. The number of rotatable bonds is 2. The maximum Gasteiger partial charge on any atom is 0.339 e. The molecule has 0 amide bonds. The zero-order valence-corrected chi connectivity index (χ0v) is 9.92. The number of esters is 1. The Hall–Kier alpha value is -2.29. The highest BCUT2D eigenvalue weighted by atomic mass is 16.5. The van der Waals surface area contributed by atoms with Crippen molar-refractivity contribution >= 4 is 5.97 Å². The molecule has 18 heavy (non-hydrogen) atoms. The minimum absolute atomic E-state index is 0.258. The third kappa shape index (κ3) is 1.64. The normalized spacial score (nSPS) is 17.2. The van der Waals surface area contributed by atoms with Crippen molar-refractivity contribution in [2.75, 3.05) is 7.11 Å². The van der Waals surface area contributed by atoms with Crippen LogP contribution in [0, 0.1) is 0 Å². The molecule has 3 rings (SSSR count). The molecule has 0 bridgehead atoms. The Balaban J connectivity index is 2.01. The van der Waals surface area contributed by atoms with Crippen LogP contribution in [0.1, 0.15) is 27.6 Å². The van der Waals surface area contributed by atoms with Crippen molar-refractivity contribution in [1.82, 2.24) is 0 Å². The number of methoxy groups -OCH3 is 1. The molecule has 0 radical (unpaired) electrons. The van der Waals surface area contributed by atoms with Crippen molar-refractivity contribution in [3.8, 4) is 5.75 Å². The van der Waals surface area contributed by atoms with Crippen LogP contribution in [0.25, 0.3) is 0 Å². The molecule has 0 fully saturated rings. The summed E-state index contributed by atoms with van der Waals surface area (Å²) in [6.07, 6.45) is -0.306. The summed E-state index contributed by atoms with van der Waals surface area (Å²) in [7, 11) is 1.62. The van der Waals surface area contributed by atoms with E-state index in [-0.39, 0.29) is 12.1 Å². The Bertz CT molecular complexity index is 587. The van der Waals surface area contributed by atoms with Gasteiger partial charge in [-0.2, -0.15) is 0 Å². The molecular weight excluding hydrogens is 228 g/mol. The number of benzene rings is 2. The lowest BCUT2D eigenvalue weighted by Crippen LogP contribution is -2.00. The van der Waals surface area contributed by atoms with Gasteiger partial charge in [-0.1, -0.05) is 30.3 Å². The van der Waals surface area contributed by atoms with E-state index in [4.69, 9.17) is 9.47 Å². The number of ether oxygens (including phenoxy) is 2. The lowest BCUT2D eigenvalue weighted by Gasteiger charge is -2.11. The van der Waals surface area contributed by atoms with E-state index in [1.165, 1.54) is 0 Å². The minimum atomic E-state index is -0.306. The standard InChI is InChI=1S/C15H12O3/c1-17-11-8-6-10(7-9-11)14-12-4-2-3-5-13(12)15(16)18-14/h2-9,14H,1H3/t14-/m0/s1. The van der Waals surface area contributed by atoms with Crippen LogP contribution in [-0.4, -0.2) is 13.1 Å². The Morgan fingerprint density at radius 3 is 2.50 bits per heavy atom. The van der Waals surface area contributed by atoms with E-state index in [9.17, 15) is 4.79 Å². The number of hydrogen-bond donors (Lipinski definition) is 0. The van der Waals surface area contributed by atoms with Crippen molar-refractivity contribution < 1.29 is 14.3 Å². The summed E-state index contributed by atoms with van der Waals surface area (Å²) in [6, 6.07) is 15.0. The molecule has 0 aromatic heterocycles. The van der Waals surface area contributed by atoms with Crippen molar-refractivity contribution in [3.05, 3.63) is 65.2 Å². The Morgan fingerprint density at radius 1 is 1.06 bits per heavy atom. The van der Waals surface area contributed by atoms with Crippen molar-refractivity contribution in [2.45, 2.75) is 6.10 Å². The van der Waals surface area contributed by atoms with Gasteiger partial charge >= 0.3 is 5.97 Å². The van der Waals surface area contributed by atoms with Gasteiger partial charge in [-0.05, 0) is 23.8 Å². The first-order chi connectivity index (χ1) is 8.79. The highest BCUT2D eigenvalue weighted by molar-refractivity contribution is 5.94. The monoisotopic (exact) mass is 240 g/mol. The van der Waals surface area contributed by atoms with E-state index in [0.717, 1.165) is 16.9 Å². The zero-order chi connectivity index (χ0) is 12.5. The zero-order valence-electron chi connectivity index (χ0n) is 9.92. The highest BCUT2D eigenvalue weighted by Crippen LogP contribution is 2.35. The summed E-state index contributed by atoms with van der Waals surface area (Å²) in [6.45, 7) is 0. The fourth-order valence-corrected chi connectivity index (χ4v) is 2.17. The van der Waals surface area contributed by atoms with Gasteiger partial charge in [-0.3, -0.25) is 0 Å². The van der Waals surface area contributed by atoms with Gasteiger partial charge in [0.15, 0.2) is 6.10 Å². The van der Waals surface area contributed by atoms with Crippen LogP contribution in [-0.2, 0) is 4.74 Å². The van der Waals surface area contributed by atoms with E-state index in [0.29, 0.717) is 5.56 Å². The molecule has 2 aromatic rings. The summed E-state index contributed by atoms with van der Waals surface area (Å²) in [5.41, 5.74) is 2.53. The molecule has 0 unspecified atom stereocenters. The lowest BCUT2D eigenvalue weighted by atomic mass is 9.99. The molecule has 1 atom stereocenters. The Labute approximate surface area is 105 Å². The molecule has 3 nitrogen and oxygen atoms in total. The molecule has 1 aliphatic rings. The first-order valence-electron chi connectivity index (χ1n) is 5.73. The second kappa shape index (κ2) is 4.18. The van der Waals surface area contributed by atoms with Crippen LogP contribution < -0.4 is 4.74 Å². The van der Waals surface area contributed by atoms with Crippen molar-refractivity contribution in [2.24, 2.45) is 0 Å². The number of fused-ring (bicyclic) bond motifs is 1. The van der Waals surface area contributed by atoms with Crippen LogP contribution in [0.2, 0.25) is 0 Å². The van der Waals surface area contributed by atoms with Crippen molar-refractivity contribution in [3.63, 3.8) is 0 Å². The average Bonchev–Trinajstić information content (AvgIpc) is 2.77. The maximum atomic E-state index is 11.7. The fourth-order valence-electron chi connectivity index (χ4n) is 2.17. The van der Waals surface area contributed by atoms with Crippen LogP contribution in [0.5, 0.6) is 5.75 Å². The summed E-state index contributed by atoms with van der Waals surface area (Å²) in [4.78, 5) is 11.7. The SMILES string of the molecule is COc1ccc([C@@H]2OC(=O)c3ccccc32)cc1. The fraction of sp³-hybridized carbons (Fsp3) is 0.133. The van der Waals surface area contributed by atoms with E-state index in [1.807, 2.05) is 42.5 Å². The lowest BCUT2D eigenvalue weighted by molar-refractivity contribution is 0.0456. The molecule has 90 valence electrons. The molecule has 3 heteroatoms. The molecule has 1 heterocycles. The van der Waals surface area contributed by atoms with Gasteiger partial charge in [0.1, 0.15) is 5.75 Å². The third-order valence-corrected chi connectivity index (χ3v) is 3.11. The smallest absolute Gasteiger partial charge is 0.339 e. The van der Waals surface area contributed by atoms with Crippen LogP contribution in [0.4, 0.5) is 0 Å². The minimum Gasteiger partial charge on any atom is -0.497 e. The van der Waals surface area contributed by atoms with E-state index >= 15 is 0 Å². The summed E-state index contributed by atoms with van der Waals surface area (Å²) < 4.78 is 10.5. The van der Waals surface area contributed by atoms with Gasteiger partial charge in [0, 0.05) is 5.56 Å². The third-order valence-electron chi connectivity index (χ3n) is 3.11. The van der Waals surface area contributed by atoms with Gasteiger partial charge < -0.3 is 9.47 Å². The predicted molar refractivity (Wildman–Crippen MR) is 66.7 cm³/mol. The number of hydrogen-bond acceptors (Lipinski definition) is 3. The average molecular weight is 240 g/mol. The summed E-state index contributed by atoms with van der Waals surface area (Å²) in [5.74, 6) is 0.530. The van der Waals surface area contributed by atoms with Gasteiger partial charge in [0.2, 0.25) is 0 Å². The Morgan fingerprint density at radius 2 is 1.78 bits per heavy atom. The molecule has 0 saturated heterocycles. The van der Waals surface area contributed by atoms with Gasteiger partial charge in [0.05, 0.1) is 12.7 Å². The number of carbonyl (C=O) groups excluding carboxylic acids is 1. The van der Waals surface area contributed by atoms with E-state index in [2.05, 4.69) is 0 Å². The van der Waals surface area contributed by atoms with Gasteiger partial charge in [-0.15, -0.1) is 0 Å². The number of cyclic esters (lactones) is 1.